The van der Waals surface area contributed by atoms with Crippen molar-refractivity contribution in [1.29, 1.82) is 0 Å². The van der Waals surface area contributed by atoms with Crippen molar-refractivity contribution in [2.75, 3.05) is 6.61 Å². The average molecular weight is 206 g/mol. The summed E-state index contributed by atoms with van der Waals surface area (Å²) in [6, 6.07) is 0. The molecule has 0 aliphatic heterocycles. The minimum absolute atomic E-state index is 0.138. The fraction of sp³-hybridized carbons (Fsp3) is 0.875. The van der Waals surface area contributed by atoms with Gasteiger partial charge in [0, 0.05) is 0 Å². The molecule has 0 bridgehead atoms. The van der Waals surface area contributed by atoms with Crippen LogP contribution in [0, 0.1) is 0 Å². The minimum atomic E-state index is -1.74. The van der Waals surface area contributed by atoms with Crippen molar-refractivity contribution in [3.63, 3.8) is 0 Å². The third-order valence-corrected chi connectivity index (χ3v) is 6.97. The van der Waals surface area contributed by atoms with Crippen LogP contribution in [0.5, 0.6) is 0 Å². The third-order valence-electron chi connectivity index (χ3n) is 2.36. The third kappa shape index (κ3) is 3.73. The molecule has 4 heteroatoms. The molecule has 0 rings (SSSR count). The van der Waals surface area contributed by atoms with Crippen molar-refractivity contribution in [2.24, 2.45) is 0 Å². The predicted molar refractivity (Wildman–Crippen MR) is 57.1 cm³/mol. The van der Waals surface area contributed by atoms with Crippen LogP contribution in [0.4, 0.5) is 0 Å². The Bertz CT molecular complexity index is 172. The zero-order valence-electron chi connectivity index (χ0n) is 8.47. The molecule has 0 fully saturated rings. The Morgan fingerprint density at radius 2 is 1.83 bits per heavy atom. The van der Waals surface area contributed by atoms with Crippen LogP contribution in [0.3, 0.4) is 0 Å². The monoisotopic (exact) mass is 206 g/mol. The zero-order chi connectivity index (χ0) is 9.99. The van der Waals surface area contributed by atoms with Crippen LogP contribution < -0.4 is 0 Å². The molecule has 0 atom stereocenters. The standard InChI is InChI=1S/C8H18O2SSi/c1-8(2,3)12(4,5)10-6-7(9)11/h6H2,1-5H3,(H,9,11). The highest BCUT2D eigenvalue weighted by Crippen LogP contribution is 2.36. The van der Waals surface area contributed by atoms with Crippen LogP contribution in [-0.2, 0) is 9.22 Å². The molecule has 0 aliphatic carbocycles. The lowest BCUT2D eigenvalue weighted by molar-refractivity contribution is -0.112. The van der Waals surface area contributed by atoms with Crippen molar-refractivity contribution in [3.8, 4) is 0 Å². The highest BCUT2D eigenvalue weighted by Gasteiger charge is 2.37. The maximum Gasteiger partial charge on any atom is 0.210 e. The molecule has 0 unspecified atom stereocenters. The van der Waals surface area contributed by atoms with E-state index in [1.54, 1.807) is 0 Å². The van der Waals surface area contributed by atoms with Crippen molar-refractivity contribution in [2.45, 2.75) is 38.9 Å². The molecule has 0 saturated carbocycles. The summed E-state index contributed by atoms with van der Waals surface area (Å²) >= 11 is 3.66. The SMILES string of the molecule is CC(C)(C)[Si](C)(C)OCC(=O)S. The molecule has 0 spiro atoms. The van der Waals surface area contributed by atoms with E-state index < -0.39 is 8.32 Å². The van der Waals surface area contributed by atoms with Gasteiger partial charge in [-0.2, -0.15) is 0 Å². The lowest BCUT2D eigenvalue weighted by Crippen LogP contribution is -2.41. The first kappa shape index (κ1) is 12.2. The van der Waals surface area contributed by atoms with Crippen LogP contribution in [0.2, 0.25) is 18.1 Å². The molecule has 0 aromatic rings. The van der Waals surface area contributed by atoms with Gasteiger partial charge in [0.15, 0.2) is 8.32 Å². The zero-order valence-corrected chi connectivity index (χ0v) is 10.4. The molecule has 0 N–H and O–H groups in total. The fourth-order valence-corrected chi connectivity index (χ4v) is 1.57. The summed E-state index contributed by atoms with van der Waals surface area (Å²) in [5, 5.41) is -0.0317. The number of hydrogen-bond donors (Lipinski definition) is 1. The lowest BCUT2D eigenvalue weighted by atomic mass is 10.2. The quantitative estimate of drug-likeness (QED) is 0.567. The van der Waals surface area contributed by atoms with E-state index >= 15 is 0 Å². The second-order valence-corrected chi connectivity index (χ2v) is 9.75. The van der Waals surface area contributed by atoms with Gasteiger partial charge in [0.1, 0.15) is 6.61 Å². The summed E-state index contributed by atoms with van der Waals surface area (Å²) in [5.41, 5.74) is 0. The van der Waals surface area contributed by atoms with Crippen LogP contribution in [0.15, 0.2) is 0 Å². The molecule has 12 heavy (non-hydrogen) atoms. The number of hydrogen-bond acceptors (Lipinski definition) is 2. The van der Waals surface area contributed by atoms with E-state index in [-0.39, 0.29) is 16.8 Å². The van der Waals surface area contributed by atoms with Crippen molar-refractivity contribution in [1.82, 2.24) is 0 Å². The summed E-state index contributed by atoms with van der Waals surface area (Å²) in [6.45, 7) is 10.8. The van der Waals surface area contributed by atoms with E-state index in [1.165, 1.54) is 0 Å². The molecule has 0 heterocycles. The van der Waals surface area contributed by atoms with E-state index in [4.69, 9.17) is 4.43 Å². The van der Waals surface area contributed by atoms with Crippen molar-refractivity contribution >= 4 is 26.1 Å². The van der Waals surface area contributed by atoms with Crippen LogP contribution >= 0.6 is 12.6 Å². The van der Waals surface area contributed by atoms with Crippen LogP contribution in [-0.4, -0.2) is 20.0 Å². The van der Waals surface area contributed by atoms with E-state index in [9.17, 15) is 4.79 Å². The second kappa shape index (κ2) is 3.94. The molecule has 0 saturated heterocycles. The number of carbonyl (C=O) groups excluding carboxylic acids is 1. The first-order chi connectivity index (χ1) is 5.17. The molecule has 72 valence electrons. The van der Waals surface area contributed by atoms with Gasteiger partial charge in [-0.25, -0.2) is 0 Å². The lowest BCUT2D eigenvalue weighted by Gasteiger charge is -2.35. The summed E-state index contributed by atoms with van der Waals surface area (Å²) in [7, 11) is -1.74. The molecule has 2 nitrogen and oxygen atoms in total. The molecular formula is C8H18O2SSi. The van der Waals surface area contributed by atoms with Crippen LogP contribution in [0.25, 0.3) is 0 Å². The van der Waals surface area contributed by atoms with Crippen molar-refractivity contribution < 1.29 is 9.22 Å². The Kier molecular flexibility index (Phi) is 4.00. The number of rotatable bonds is 3. The number of carbonyl (C=O) groups is 1. The summed E-state index contributed by atoms with van der Waals surface area (Å²) < 4.78 is 5.57. The maximum absolute atomic E-state index is 10.6. The van der Waals surface area contributed by atoms with E-state index in [1.807, 2.05) is 0 Å². The smallest absolute Gasteiger partial charge is 0.210 e. The summed E-state index contributed by atoms with van der Waals surface area (Å²) in [4.78, 5) is 10.6. The van der Waals surface area contributed by atoms with Crippen molar-refractivity contribution in [3.05, 3.63) is 0 Å². The van der Waals surface area contributed by atoms with Gasteiger partial charge in [0.2, 0.25) is 5.12 Å². The predicted octanol–water partition coefficient (Wildman–Crippen LogP) is 2.46. The Labute approximate surface area is 81.2 Å². The molecule has 0 amide bonds. The van der Waals surface area contributed by atoms with E-state index in [2.05, 4.69) is 46.5 Å². The van der Waals surface area contributed by atoms with Gasteiger partial charge in [-0.3, -0.25) is 4.79 Å². The Morgan fingerprint density at radius 1 is 1.42 bits per heavy atom. The average Bonchev–Trinajstić information content (AvgIpc) is 1.81. The largest absolute Gasteiger partial charge is 0.409 e. The van der Waals surface area contributed by atoms with Crippen LogP contribution in [0.1, 0.15) is 20.8 Å². The topological polar surface area (TPSA) is 26.3 Å². The highest BCUT2D eigenvalue weighted by molar-refractivity contribution is 7.96. The molecule has 0 aliphatic rings. The van der Waals surface area contributed by atoms with E-state index in [0.29, 0.717) is 0 Å². The van der Waals surface area contributed by atoms with Gasteiger partial charge in [-0.15, -0.1) is 12.6 Å². The summed E-state index contributed by atoms with van der Waals surface area (Å²) in [5.74, 6) is 0. The Hall–Kier alpha value is 0.197. The first-order valence-electron chi connectivity index (χ1n) is 4.02. The number of thiol groups is 1. The normalized spacial score (nSPS) is 13.2. The molecule has 0 aromatic heterocycles. The highest BCUT2D eigenvalue weighted by atomic mass is 32.1. The maximum atomic E-state index is 10.6. The first-order valence-corrected chi connectivity index (χ1v) is 7.38. The Morgan fingerprint density at radius 3 is 2.08 bits per heavy atom. The van der Waals surface area contributed by atoms with Gasteiger partial charge in [0.25, 0.3) is 0 Å². The second-order valence-electron chi connectivity index (χ2n) is 4.44. The Balaban J connectivity index is 4.14. The van der Waals surface area contributed by atoms with E-state index in [0.717, 1.165) is 0 Å². The van der Waals surface area contributed by atoms with Gasteiger partial charge >= 0.3 is 0 Å². The van der Waals surface area contributed by atoms with Gasteiger partial charge in [-0.1, -0.05) is 20.8 Å². The van der Waals surface area contributed by atoms with Gasteiger partial charge in [-0.05, 0) is 18.1 Å². The molecule has 0 radical (unpaired) electrons. The molecule has 0 aromatic carbocycles. The van der Waals surface area contributed by atoms with Gasteiger partial charge < -0.3 is 4.43 Å². The van der Waals surface area contributed by atoms with Gasteiger partial charge in [0.05, 0.1) is 0 Å². The minimum Gasteiger partial charge on any atom is -0.409 e. The fourth-order valence-electron chi connectivity index (χ4n) is 0.459. The summed E-state index contributed by atoms with van der Waals surface area (Å²) in [6.07, 6.45) is 0. The molecular weight excluding hydrogens is 188 g/mol.